The molecule has 1 heterocycles. The van der Waals surface area contributed by atoms with Crippen LogP contribution in [0.15, 0.2) is 60.7 Å². The van der Waals surface area contributed by atoms with Gasteiger partial charge in [0, 0.05) is 43.1 Å². The van der Waals surface area contributed by atoms with Gasteiger partial charge < -0.3 is 14.7 Å². The number of carboxylic acids is 1. The van der Waals surface area contributed by atoms with E-state index in [4.69, 9.17) is 16.3 Å². The zero-order chi connectivity index (χ0) is 21.8. The zero-order valence-corrected chi connectivity index (χ0v) is 17.7. The number of piperazine rings is 1. The number of aromatic carboxylic acids is 1. The van der Waals surface area contributed by atoms with Crippen LogP contribution in [-0.2, 0) is 11.3 Å². The van der Waals surface area contributed by atoms with Crippen molar-refractivity contribution < 1.29 is 19.4 Å². The van der Waals surface area contributed by atoms with Crippen LogP contribution in [0.5, 0.6) is 5.75 Å². The highest BCUT2D eigenvalue weighted by Gasteiger charge is 2.23. The first kappa shape index (κ1) is 21.2. The third-order valence-corrected chi connectivity index (χ3v) is 5.75. The third-order valence-electron chi connectivity index (χ3n) is 5.49. The molecule has 4 rings (SSSR count). The second kappa shape index (κ2) is 9.37. The van der Waals surface area contributed by atoms with Crippen molar-refractivity contribution >= 4 is 34.2 Å². The second-order valence-corrected chi connectivity index (χ2v) is 7.98. The molecule has 1 amide bonds. The average Bonchev–Trinajstić information content (AvgIpc) is 2.79. The summed E-state index contributed by atoms with van der Waals surface area (Å²) in [5.74, 6) is -0.986. The van der Waals surface area contributed by atoms with E-state index in [1.54, 1.807) is 17.0 Å². The maximum absolute atomic E-state index is 12.7. The highest BCUT2D eigenvalue weighted by atomic mass is 35.5. The fraction of sp³-hybridized carbons (Fsp3) is 0.250. The minimum absolute atomic E-state index is 0.0549. The molecule has 1 saturated heterocycles. The summed E-state index contributed by atoms with van der Waals surface area (Å²) in [6.07, 6.45) is 0. The van der Waals surface area contributed by atoms with E-state index >= 15 is 0 Å². The molecule has 6 nitrogen and oxygen atoms in total. The molecule has 1 aliphatic heterocycles. The number of rotatable bonds is 6. The topological polar surface area (TPSA) is 70.1 Å². The number of benzene rings is 3. The fourth-order valence-corrected chi connectivity index (χ4v) is 3.92. The predicted octanol–water partition coefficient (Wildman–Crippen LogP) is 3.91. The number of nitrogens with zero attached hydrogens (tertiary/aromatic N) is 2. The van der Waals surface area contributed by atoms with Gasteiger partial charge in [0.15, 0.2) is 6.61 Å². The number of amides is 1. The second-order valence-electron chi connectivity index (χ2n) is 7.54. The molecule has 3 aromatic carbocycles. The molecule has 0 saturated carbocycles. The van der Waals surface area contributed by atoms with E-state index in [0.717, 1.165) is 30.0 Å². The Morgan fingerprint density at radius 3 is 2.35 bits per heavy atom. The van der Waals surface area contributed by atoms with Crippen LogP contribution in [0.1, 0.15) is 15.9 Å². The molecule has 0 aromatic heterocycles. The minimum atomic E-state index is -1.08. The zero-order valence-electron chi connectivity index (χ0n) is 17.0. The summed E-state index contributed by atoms with van der Waals surface area (Å²) in [7, 11) is 0. The molecule has 0 atom stereocenters. The smallest absolute Gasteiger partial charge is 0.339 e. The maximum Gasteiger partial charge on any atom is 0.339 e. The highest BCUT2D eigenvalue weighted by Crippen LogP contribution is 2.30. The van der Waals surface area contributed by atoms with Crippen molar-refractivity contribution in [2.24, 2.45) is 0 Å². The highest BCUT2D eigenvalue weighted by molar-refractivity contribution is 6.30. The van der Waals surface area contributed by atoms with Crippen LogP contribution in [0.25, 0.3) is 10.8 Å². The van der Waals surface area contributed by atoms with Gasteiger partial charge in [-0.3, -0.25) is 9.69 Å². The van der Waals surface area contributed by atoms with Gasteiger partial charge in [-0.25, -0.2) is 4.79 Å². The summed E-state index contributed by atoms with van der Waals surface area (Å²) < 4.78 is 5.76. The first-order valence-corrected chi connectivity index (χ1v) is 10.5. The Kier molecular flexibility index (Phi) is 6.39. The Hall–Kier alpha value is -3.09. The third kappa shape index (κ3) is 4.98. The lowest BCUT2D eigenvalue weighted by Crippen LogP contribution is -2.49. The molecule has 0 radical (unpaired) electrons. The van der Waals surface area contributed by atoms with E-state index in [1.165, 1.54) is 11.6 Å². The molecule has 7 heteroatoms. The summed E-state index contributed by atoms with van der Waals surface area (Å²) in [4.78, 5) is 28.4. The Morgan fingerprint density at radius 2 is 1.65 bits per heavy atom. The van der Waals surface area contributed by atoms with Crippen LogP contribution < -0.4 is 4.74 Å². The van der Waals surface area contributed by atoms with Crippen molar-refractivity contribution in [3.63, 3.8) is 0 Å². The largest absolute Gasteiger partial charge is 0.482 e. The van der Waals surface area contributed by atoms with Crippen LogP contribution in [0, 0.1) is 0 Å². The molecule has 31 heavy (non-hydrogen) atoms. The lowest BCUT2D eigenvalue weighted by atomic mass is 10.1. The number of ether oxygens (including phenoxy) is 1. The first-order chi connectivity index (χ1) is 15.0. The minimum Gasteiger partial charge on any atom is -0.482 e. The molecule has 1 aliphatic rings. The number of carbonyl (C=O) groups excluding carboxylic acids is 1. The maximum atomic E-state index is 12.7. The monoisotopic (exact) mass is 438 g/mol. The summed E-state index contributed by atoms with van der Waals surface area (Å²) in [5, 5.41) is 11.8. The van der Waals surface area contributed by atoms with Gasteiger partial charge in [-0.2, -0.15) is 0 Å². The van der Waals surface area contributed by atoms with Crippen molar-refractivity contribution in [3.8, 4) is 5.75 Å². The molecule has 1 N–H and O–H groups in total. The molecule has 0 unspecified atom stereocenters. The van der Waals surface area contributed by atoms with Gasteiger partial charge in [-0.05, 0) is 29.1 Å². The van der Waals surface area contributed by atoms with E-state index < -0.39 is 5.97 Å². The molecular weight excluding hydrogens is 416 g/mol. The van der Waals surface area contributed by atoms with Crippen molar-refractivity contribution in [1.82, 2.24) is 9.80 Å². The Morgan fingerprint density at radius 1 is 0.935 bits per heavy atom. The van der Waals surface area contributed by atoms with Gasteiger partial charge in [0.05, 0.1) is 0 Å². The SMILES string of the molecule is O=C(O)c1ccc2ccccc2c1OCC(=O)N1CCN(Cc2ccc(Cl)cc2)CC1. The van der Waals surface area contributed by atoms with Crippen LogP contribution >= 0.6 is 11.6 Å². The van der Waals surface area contributed by atoms with Crippen molar-refractivity contribution in [2.45, 2.75) is 6.54 Å². The first-order valence-electron chi connectivity index (χ1n) is 10.1. The van der Waals surface area contributed by atoms with Crippen molar-refractivity contribution in [3.05, 3.63) is 76.8 Å². The predicted molar refractivity (Wildman–Crippen MR) is 120 cm³/mol. The number of hydrogen-bond donors (Lipinski definition) is 1. The summed E-state index contributed by atoms with van der Waals surface area (Å²) in [6, 6.07) is 18.4. The van der Waals surface area contributed by atoms with Crippen LogP contribution in [-0.4, -0.2) is 59.6 Å². The van der Waals surface area contributed by atoms with E-state index in [9.17, 15) is 14.7 Å². The van der Waals surface area contributed by atoms with Crippen molar-refractivity contribution in [2.75, 3.05) is 32.8 Å². The van der Waals surface area contributed by atoms with Gasteiger partial charge in [0.25, 0.3) is 5.91 Å². The van der Waals surface area contributed by atoms with E-state index in [1.807, 2.05) is 42.5 Å². The molecule has 3 aromatic rings. The van der Waals surface area contributed by atoms with Gasteiger partial charge in [-0.15, -0.1) is 0 Å². The molecule has 0 bridgehead atoms. The van der Waals surface area contributed by atoms with Gasteiger partial charge >= 0.3 is 5.97 Å². The van der Waals surface area contributed by atoms with Crippen LogP contribution in [0.4, 0.5) is 0 Å². The average molecular weight is 439 g/mol. The fourth-order valence-electron chi connectivity index (χ4n) is 3.80. The van der Waals surface area contributed by atoms with Gasteiger partial charge in [-0.1, -0.05) is 54.1 Å². The van der Waals surface area contributed by atoms with E-state index in [-0.39, 0.29) is 23.8 Å². The number of halogens is 1. The molecular formula is C24H23ClN2O4. The Labute approximate surface area is 185 Å². The van der Waals surface area contributed by atoms with E-state index in [2.05, 4.69) is 4.90 Å². The normalized spacial score (nSPS) is 14.5. The lowest BCUT2D eigenvalue weighted by molar-refractivity contribution is -0.135. The summed E-state index contributed by atoms with van der Waals surface area (Å²) >= 11 is 5.94. The standard InChI is InChI=1S/C24H23ClN2O4/c25-19-8-5-17(6-9-19)15-26-11-13-27(14-12-26)22(28)16-31-23-20-4-2-1-3-18(20)7-10-21(23)24(29)30/h1-10H,11-16H2,(H,29,30). The molecule has 0 aliphatic carbocycles. The Balaban J connectivity index is 1.36. The lowest BCUT2D eigenvalue weighted by Gasteiger charge is -2.34. The molecule has 1 fully saturated rings. The number of hydrogen-bond acceptors (Lipinski definition) is 4. The summed E-state index contributed by atoms with van der Waals surface area (Å²) in [5.41, 5.74) is 1.24. The van der Waals surface area contributed by atoms with Crippen LogP contribution in [0.3, 0.4) is 0 Å². The quantitative estimate of drug-likeness (QED) is 0.631. The van der Waals surface area contributed by atoms with Gasteiger partial charge in [0.1, 0.15) is 11.3 Å². The Bertz CT molecular complexity index is 1090. The summed E-state index contributed by atoms with van der Waals surface area (Å²) in [6.45, 7) is 3.37. The van der Waals surface area contributed by atoms with Gasteiger partial charge in [0.2, 0.25) is 0 Å². The van der Waals surface area contributed by atoms with Crippen LogP contribution in [0.2, 0.25) is 5.02 Å². The number of carbonyl (C=O) groups is 2. The number of fused-ring (bicyclic) bond motifs is 1. The molecule has 160 valence electrons. The molecule has 0 spiro atoms. The van der Waals surface area contributed by atoms with E-state index in [0.29, 0.717) is 18.5 Å². The van der Waals surface area contributed by atoms with Crippen molar-refractivity contribution in [1.29, 1.82) is 0 Å². The number of carboxylic acid groups (broad SMARTS) is 1.